The first-order chi connectivity index (χ1) is 8.13. The van der Waals surface area contributed by atoms with E-state index < -0.39 is 5.54 Å². The van der Waals surface area contributed by atoms with Crippen LogP contribution in [-0.4, -0.2) is 29.2 Å². The van der Waals surface area contributed by atoms with E-state index in [0.29, 0.717) is 6.04 Å². The lowest BCUT2D eigenvalue weighted by Crippen LogP contribution is -2.49. The van der Waals surface area contributed by atoms with E-state index in [2.05, 4.69) is 5.32 Å². The van der Waals surface area contributed by atoms with E-state index in [0.717, 1.165) is 38.5 Å². The molecule has 0 aromatic heterocycles. The molecule has 0 aliphatic heterocycles. The smallest absolute Gasteiger partial charge is 0.223 e. The number of hydrogen-bond donors (Lipinski definition) is 3. The number of aliphatic hydroxyl groups is 1. The fraction of sp³-hybridized carbons (Fsp3) is 0.923. The number of hydrogen-bond acceptors (Lipinski definition) is 3. The van der Waals surface area contributed by atoms with E-state index in [1.165, 1.54) is 12.8 Å². The van der Waals surface area contributed by atoms with Gasteiger partial charge in [0.25, 0.3) is 0 Å². The molecule has 2 fully saturated rings. The number of carbonyl (C=O) groups is 1. The monoisotopic (exact) mass is 240 g/mol. The third-order valence-corrected chi connectivity index (χ3v) is 4.37. The molecule has 0 aromatic rings. The van der Waals surface area contributed by atoms with Gasteiger partial charge in [-0.25, -0.2) is 0 Å². The van der Waals surface area contributed by atoms with Crippen LogP contribution in [0.4, 0.5) is 0 Å². The molecular formula is C13H24N2O2. The lowest BCUT2D eigenvalue weighted by atomic mass is 9.77. The van der Waals surface area contributed by atoms with E-state index in [1.807, 2.05) is 0 Å². The summed E-state index contributed by atoms with van der Waals surface area (Å²) < 4.78 is 0. The highest BCUT2D eigenvalue weighted by Crippen LogP contribution is 2.30. The summed E-state index contributed by atoms with van der Waals surface area (Å²) in [5, 5.41) is 12.3. The van der Waals surface area contributed by atoms with Crippen LogP contribution < -0.4 is 11.1 Å². The summed E-state index contributed by atoms with van der Waals surface area (Å²) in [6.45, 7) is 0.0317. The molecule has 0 saturated heterocycles. The zero-order valence-electron chi connectivity index (χ0n) is 10.5. The van der Waals surface area contributed by atoms with Gasteiger partial charge in [-0.05, 0) is 38.5 Å². The van der Waals surface area contributed by atoms with Crippen molar-refractivity contribution in [1.29, 1.82) is 0 Å². The lowest BCUT2D eigenvalue weighted by Gasteiger charge is -2.35. The van der Waals surface area contributed by atoms with E-state index >= 15 is 0 Å². The first kappa shape index (κ1) is 12.8. The fourth-order valence-electron chi connectivity index (χ4n) is 3.00. The van der Waals surface area contributed by atoms with Crippen LogP contribution in [0.3, 0.4) is 0 Å². The van der Waals surface area contributed by atoms with Gasteiger partial charge >= 0.3 is 0 Å². The number of nitrogens with one attached hydrogen (secondary N) is 1. The maximum absolute atomic E-state index is 12.0. The average molecular weight is 240 g/mol. The minimum absolute atomic E-state index is 0.0317. The minimum atomic E-state index is -0.440. The Balaban J connectivity index is 1.77. The Bertz CT molecular complexity index is 267. The molecule has 0 unspecified atom stereocenters. The highest BCUT2D eigenvalue weighted by Gasteiger charge is 2.34. The largest absolute Gasteiger partial charge is 0.394 e. The molecule has 0 bridgehead atoms. The van der Waals surface area contributed by atoms with Crippen molar-refractivity contribution in [2.24, 2.45) is 11.7 Å². The maximum atomic E-state index is 12.0. The molecule has 2 rings (SSSR count). The molecule has 98 valence electrons. The van der Waals surface area contributed by atoms with Crippen LogP contribution in [0.1, 0.15) is 51.4 Å². The Morgan fingerprint density at radius 2 is 1.82 bits per heavy atom. The molecule has 0 heterocycles. The standard InChI is InChI=1S/C13H24N2O2/c14-13(9-16)7-5-10(6-8-13)12(17)15-11-3-1-2-4-11/h10-11,16H,1-9,14H2,(H,15,17). The van der Waals surface area contributed by atoms with E-state index in [-0.39, 0.29) is 18.4 Å². The van der Waals surface area contributed by atoms with Crippen molar-refractivity contribution in [1.82, 2.24) is 5.32 Å². The second kappa shape index (κ2) is 5.36. The normalized spacial score (nSPS) is 34.8. The van der Waals surface area contributed by atoms with Gasteiger partial charge in [-0.15, -0.1) is 0 Å². The summed E-state index contributed by atoms with van der Waals surface area (Å²) in [7, 11) is 0. The molecule has 4 heteroatoms. The molecule has 2 saturated carbocycles. The summed E-state index contributed by atoms with van der Waals surface area (Å²) in [5.41, 5.74) is 5.56. The second-order valence-corrected chi connectivity index (χ2v) is 5.78. The van der Waals surface area contributed by atoms with Gasteiger partial charge in [0.2, 0.25) is 5.91 Å². The van der Waals surface area contributed by atoms with Crippen molar-refractivity contribution in [2.45, 2.75) is 62.9 Å². The molecular weight excluding hydrogens is 216 g/mol. The third-order valence-electron chi connectivity index (χ3n) is 4.37. The number of aliphatic hydroxyl groups excluding tert-OH is 1. The Kier molecular flexibility index (Phi) is 4.05. The van der Waals surface area contributed by atoms with Crippen molar-refractivity contribution in [3.63, 3.8) is 0 Å². The van der Waals surface area contributed by atoms with Gasteiger partial charge in [0.15, 0.2) is 0 Å². The van der Waals surface area contributed by atoms with Crippen LogP contribution in [0.15, 0.2) is 0 Å². The van der Waals surface area contributed by atoms with Crippen molar-refractivity contribution >= 4 is 5.91 Å². The van der Waals surface area contributed by atoms with Crippen molar-refractivity contribution < 1.29 is 9.90 Å². The molecule has 4 N–H and O–H groups in total. The number of nitrogens with two attached hydrogens (primary N) is 1. The van der Waals surface area contributed by atoms with E-state index in [4.69, 9.17) is 5.73 Å². The molecule has 0 spiro atoms. The van der Waals surface area contributed by atoms with Crippen molar-refractivity contribution in [3.05, 3.63) is 0 Å². The second-order valence-electron chi connectivity index (χ2n) is 5.78. The first-order valence-electron chi connectivity index (χ1n) is 6.83. The van der Waals surface area contributed by atoms with Gasteiger partial charge in [-0.1, -0.05) is 12.8 Å². The third kappa shape index (κ3) is 3.19. The average Bonchev–Trinajstić information content (AvgIpc) is 2.83. The molecule has 2 aliphatic rings. The van der Waals surface area contributed by atoms with Crippen LogP contribution in [0, 0.1) is 5.92 Å². The fourth-order valence-corrected chi connectivity index (χ4v) is 3.00. The van der Waals surface area contributed by atoms with E-state index in [9.17, 15) is 9.90 Å². The molecule has 2 aliphatic carbocycles. The Morgan fingerprint density at radius 1 is 1.24 bits per heavy atom. The van der Waals surface area contributed by atoms with Crippen LogP contribution in [0.25, 0.3) is 0 Å². The molecule has 17 heavy (non-hydrogen) atoms. The van der Waals surface area contributed by atoms with Gasteiger partial charge in [-0.2, -0.15) is 0 Å². The Hall–Kier alpha value is -0.610. The van der Waals surface area contributed by atoms with Gasteiger partial charge in [0.05, 0.1) is 6.61 Å². The summed E-state index contributed by atoms with van der Waals surface area (Å²) in [6, 6.07) is 0.407. The van der Waals surface area contributed by atoms with E-state index in [1.54, 1.807) is 0 Å². The first-order valence-corrected chi connectivity index (χ1v) is 6.83. The van der Waals surface area contributed by atoms with Crippen molar-refractivity contribution in [3.8, 4) is 0 Å². The number of amides is 1. The predicted molar refractivity (Wildman–Crippen MR) is 66.4 cm³/mol. The SMILES string of the molecule is NC1(CO)CCC(C(=O)NC2CCCC2)CC1. The quantitative estimate of drug-likeness (QED) is 0.687. The van der Waals surface area contributed by atoms with Crippen LogP contribution in [-0.2, 0) is 4.79 Å². The number of rotatable bonds is 3. The highest BCUT2D eigenvalue weighted by atomic mass is 16.3. The summed E-state index contributed by atoms with van der Waals surface area (Å²) in [6.07, 6.45) is 7.90. The van der Waals surface area contributed by atoms with Gasteiger partial charge in [0.1, 0.15) is 0 Å². The Labute approximate surface area is 103 Å². The summed E-state index contributed by atoms with van der Waals surface area (Å²) >= 11 is 0. The Morgan fingerprint density at radius 3 is 2.35 bits per heavy atom. The van der Waals surface area contributed by atoms with Crippen LogP contribution in [0.2, 0.25) is 0 Å². The minimum Gasteiger partial charge on any atom is -0.394 e. The number of carbonyl (C=O) groups excluding carboxylic acids is 1. The highest BCUT2D eigenvalue weighted by molar-refractivity contribution is 5.79. The summed E-state index contributed by atoms with van der Waals surface area (Å²) in [5.74, 6) is 0.315. The molecule has 1 amide bonds. The van der Waals surface area contributed by atoms with Gasteiger partial charge in [-0.3, -0.25) is 4.79 Å². The zero-order chi connectivity index (χ0) is 12.3. The summed E-state index contributed by atoms with van der Waals surface area (Å²) in [4.78, 5) is 12.0. The van der Waals surface area contributed by atoms with Crippen molar-refractivity contribution in [2.75, 3.05) is 6.61 Å². The zero-order valence-corrected chi connectivity index (χ0v) is 10.5. The topological polar surface area (TPSA) is 75.3 Å². The van der Waals surface area contributed by atoms with Gasteiger partial charge < -0.3 is 16.2 Å². The van der Waals surface area contributed by atoms with Crippen LogP contribution in [0.5, 0.6) is 0 Å². The molecule has 0 aromatic carbocycles. The maximum Gasteiger partial charge on any atom is 0.223 e. The van der Waals surface area contributed by atoms with Gasteiger partial charge in [0, 0.05) is 17.5 Å². The molecule has 0 radical (unpaired) electrons. The van der Waals surface area contributed by atoms with Crippen LogP contribution >= 0.6 is 0 Å². The lowest BCUT2D eigenvalue weighted by molar-refractivity contribution is -0.127. The molecule has 0 atom stereocenters. The predicted octanol–water partition coefficient (Wildman–Crippen LogP) is 0.925. The molecule has 4 nitrogen and oxygen atoms in total.